The lowest BCUT2D eigenvalue weighted by Crippen LogP contribution is -2.40. The van der Waals surface area contributed by atoms with Crippen LogP contribution in [-0.4, -0.2) is 16.4 Å². The molecule has 4 heteroatoms. The summed E-state index contributed by atoms with van der Waals surface area (Å²) in [6.07, 6.45) is 3.31. The van der Waals surface area contributed by atoms with E-state index in [1.54, 1.807) is 12.4 Å². The molecule has 1 aromatic carbocycles. The average molecular weight is 297 g/mol. The van der Waals surface area contributed by atoms with Crippen molar-refractivity contribution in [3.63, 3.8) is 0 Å². The van der Waals surface area contributed by atoms with Crippen LogP contribution in [0.3, 0.4) is 0 Å². The molecule has 0 atom stereocenters. The predicted molar refractivity (Wildman–Crippen MR) is 90.0 cm³/mol. The van der Waals surface area contributed by atoms with Crippen molar-refractivity contribution >= 4 is 11.6 Å². The molecule has 0 radical (unpaired) electrons. The zero-order valence-corrected chi connectivity index (χ0v) is 13.6. The van der Waals surface area contributed by atoms with E-state index >= 15 is 0 Å². The molecule has 0 aliphatic carbocycles. The van der Waals surface area contributed by atoms with Crippen molar-refractivity contribution < 1.29 is 4.79 Å². The standard InChI is InChI=1S/C18H23N3O/c1-13-5-7-14(8-6-13)10-20-16-9-15(11-19-12-16)17(22)21-18(2,3)4/h5-9,11-12,20H,10H2,1-4H3,(H,21,22). The van der Waals surface area contributed by atoms with Crippen molar-refractivity contribution in [2.75, 3.05) is 5.32 Å². The van der Waals surface area contributed by atoms with Gasteiger partial charge in [0.25, 0.3) is 5.91 Å². The van der Waals surface area contributed by atoms with E-state index in [9.17, 15) is 4.79 Å². The summed E-state index contributed by atoms with van der Waals surface area (Å²) < 4.78 is 0. The summed E-state index contributed by atoms with van der Waals surface area (Å²) in [5.41, 5.74) is 3.56. The number of aromatic nitrogens is 1. The number of carbonyl (C=O) groups is 1. The van der Waals surface area contributed by atoms with Crippen molar-refractivity contribution in [2.45, 2.75) is 39.8 Å². The topological polar surface area (TPSA) is 54.0 Å². The second-order valence-corrected chi connectivity index (χ2v) is 6.51. The van der Waals surface area contributed by atoms with Crippen LogP contribution in [-0.2, 0) is 6.54 Å². The maximum atomic E-state index is 12.1. The first kappa shape index (κ1) is 16.0. The minimum atomic E-state index is -0.261. The highest BCUT2D eigenvalue weighted by Gasteiger charge is 2.15. The van der Waals surface area contributed by atoms with E-state index in [-0.39, 0.29) is 11.4 Å². The Morgan fingerprint density at radius 2 is 1.82 bits per heavy atom. The van der Waals surface area contributed by atoms with E-state index in [4.69, 9.17) is 0 Å². The average Bonchev–Trinajstić information content (AvgIpc) is 2.45. The molecule has 1 amide bonds. The van der Waals surface area contributed by atoms with Crippen molar-refractivity contribution in [2.24, 2.45) is 0 Å². The van der Waals surface area contributed by atoms with Crippen LogP contribution < -0.4 is 10.6 Å². The third kappa shape index (κ3) is 4.88. The first-order valence-electron chi connectivity index (χ1n) is 7.40. The molecule has 0 aliphatic rings. The van der Waals surface area contributed by atoms with E-state index in [1.165, 1.54) is 11.1 Å². The van der Waals surface area contributed by atoms with Gasteiger partial charge in [-0.15, -0.1) is 0 Å². The van der Waals surface area contributed by atoms with Crippen molar-refractivity contribution in [1.29, 1.82) is 0 Å². The van der Waals surface area contributed by atoms with Gasteiger partial charge in [0.1, 0.15) is 0 Å². The number of benzene rings is 1. The van der Waals surface area contributed by atoms with Gasteiger partial charge in [0.15, 0.2) is 0 Å². The number of nitrogens with zero attached hydrogens (tertiary/aromatic N) is 1. The van der Waals surface area contributed by atoms with Gasteiger partial charge in [-0.1, -0.05) is 29.8 Å². The summed E-state index contributed by atoms with van der Waals surface area (Å²) in [6.45, 7) is 8.64. The number of nitrogens with one attached hydrogen (secondary N) is 2. The molecule has 22 heavy (non-hydrogen) atoms. The molecular weight excluding hydrogens is 274 g/mol. The van der Waals surface area contributed by atoms with Gasteiger partial charge < -0.3 is 10.6 Å². The van der Waals surface area contributed by atoms with Crippen LogP contribution in [0.4, 0.5) is 5.69 Å². The van der Waals surface area contributed by atoms with E-state index in [0.717, 1.165) is 5.69 Å². The zero-order valence-electron chi connectivity index (χ0n) is 13.6. The lowest BCUT2D eigenvalue weighted by Gasteiger charge is -2.20. The number of amides is 1. The molecular formula is C18H23N3O. The Morgan fingerprint density at radius 1 is 1.14 bits per heavy atom. The summed E-state index contributed by atoms with van der Waals surface area (Å²) in [5, 5.41) is 6.23. The molecule has 116 valence electrons. The molecule has 0 aliphatic heterocycles. The molecule has 0 saturated heterocycles. The Morgan fingerprint density at radius 3 is 2.45 bits per heavy atom. The Balaban J connectivity index is 2.02. The van der Waals surface area contributed by atoms with Gasteiger partial charge in [-0.2, -0.15) is 0 Å². The lowest BCUT2D eigenvalue weighted by molar-refractivity contribution is 0.0919. The summed E-state index contributed by atoms with van der Waals surface area (Å²) in [7, 11) is 0. The Kier molecular flexibility index (Phi) is 4.81. The minimum Gasteiger partial charge on any atom is -0.380 e. The molecule has 0 fully saturated rings. The van der Waals surface area contributed by atoms with E-state index in [1.807, 2.05) is 26.8 Å². The molecule has 0 spiro atoms. The Hall–Kier alpha value is -2.36. The molecule has 0 saturated carbocycles. The fourth-order valence-corrected chi connectivity index (χ4v) is 1.98. The normalized spacial score (nSPS) is 11.1. The monoisotopic (exact) mass is 297 g/mol. The van der Waals surface area contributed by atoms with Crippen LogP contribution in [0.25, 0.3) is 0 Å². The van der Waals surface area contributed by atoms with Gasteiger partial charge in [0.05, 0.1) is 11.3 Å². The van der Waals surface area contributed by atoms with E-state index < -0.39 is 0 Å². The summed E-state index contributed by atoms with van der Waals surface area (Å²) >= 11 is 0. The summed E-state index contributed by atoms with van der Waals surface area (Å²) in [6, 6.07) is 10.2. The number of pyridine rings is 1. The number of carbonyl (C=O) groups excluding carboxylic acids is 1. The van der Waals surface area contributed by atoms with Crippen LogP contribution >= 0.6 is 0 Å². The summed E-state index contributed by atoms with van der Waals surface area (Å²) in [4.78, 5) is 16.3. The highest BCUT2D eigenvalue weighted by Crippen LogP contribution is 2.12. The minimum absolute atomic E-state index is 0.112. The molecule has 2 N–H and O–H groups in total. The number of aryl methyl sites for hydroxylation is 1. The van der Waals surface area contributed by atoms with Crippen LogP contribution in [0.1, 0.15) is 42.3 Å². The predicted octanol–water partition coefficient (Wildman–Crippen LogP) is 3.53. The highest BCUT2D eigenvalue weighted by molar-refractivity contribution is 5.95. The molecule has 1 heterocycles. The smallest absolute Gasteiger partial charge is 0.253 e. The molecule has 2 aromatic rings. The van der Waals surface area contributed by atoms with Crippen LogP contribution in [0.15, 0.2) is 42.7 Å². The van der Waals surface area contributed by atoms with Crippen LogP contribution in [0.5, 0.6) is 0 Å². The SMILES string of the molecule is Cc1ccc(CNc2cncc(C(=O)NC(C)(C)C)c2)cc1. The number of rotatable bonds is 4. The number of anilines is 1. The van der Waals surface area contributed by atoms with E-state index in [0.29, 0.717) is 12.1 Å². The third-order valence-corrected chi connectivity index (χ3v) is 3.11. The van der Waals surface area contributed by atoms with Gasteiger partial charge in [-0.05, 0) is 39.3 Å². The fourth-order valence-electron chi connectivity index (χ4n) is 1.98. The number of hydrogen-bond donors (Lipinski definition) is 2. The molecule has 2 rings (SSSR count). The highest BCUT2D eigenvalue weighted by atomic mass is 16.1. The Labute approximate surface area is 132 Å². The molecule has 0 bridgehead atoms. The first-order valence-corrected chi connectivity index (χ1v) is 7.40. The molecule has 1 aromatic heterocycles. The van der Waals surface area contributed by atoms with Gasteiger partial charge in [-0.25, -0.2) is 0 Å². The largest absolute Gasteiger partial charge is 0.380 e. The van der Waals surface area contributed by atoms with Gasteiger partial charge >= 0.3 is 0 Å². The third-order valence-electron chi connectivity index (χ3n) is 3.11. The van der Waals surface area contributed by atoms with Gasteiger partial charge in [0.2, 0.25) is 0 Å². The first-order chi connectivity index (χ1) is 10.3. The maximum Gasteiger partial charge on any atom is 0.253 e. The maximum absolute atomic E-state index is 12.1. The van der Waals surface area contributed by atoms with Gasteiger partial charge in [-0.3, -0.25) is 9.78 Å². The van der Waals surface area contributed by atoms with Crippen molar-refractivity contribution in [1.82, 2.24) is 10.3 Å². The van der Waals surface area contributed by atoms with Gasteiger partial charge in [0, 0.05) is 24.5 Å². The quantitative estimate of drug-likeness (QED) is 0.907. The fraction of sp³-hybridized carbons (Fsp3) is 0.333. The second kappa shape index (κ2) is 6.60. The molecule has 0 unspecified atom stereocenters. The Bertz CT molecular complexity index is 642. The van der Waals surface area contributed by atoms with Crippen LogP contribution in [0, 0.1) is 6.92 Å². The second-order valence-electron chi connectivity index (χ2n) is 6.51. The number of hydrogen-bond acceptors (Lipinski definition) is 3. The van der Waals surface area contributed by atoms with Crippen molar-refractivity contribution in [3.05, 3.63) is 59.4 Å². The lowest BCUT2D eigenvalue weighted by atomic mass is 10.1. The van der Waals surface area contributed by atoms with E-state index in [2.05, 4.69) is 46.8 Å². The molecule has 4 nitrogen and oxygen atoms in total. The van der Waals surface area contributed by atoms with Crippen molar-refractivity contribution in [3.8, 4) is 0 Å². The van der Waals surface area contributed by atoms with Crippen LogP contribution in [0.2, 0.25) is 0 Å². The summed E-state index contributed by atoms with van der Waals surface area (Å²) in [5.74, 6) is -0.112. The zero-order chi connectivity index (χ0) is 16.2.